The van der Waals surface area contributed by atoms with E-state index in [0.717, 1.165) is 24.6 Å². The van der Waals surface area contributed by atoms with E-state index < -0.39 is 11.6 Å². The van der Waals surface area contributed by atoms with Crippen LogP contribution < -0.4 is 5.32 Å². The molecule has 2 saturated carbocycles. The molecular formula is C22H20ClF2N3O. The first kappa shape index (κ1) is 18.6. The van der Waals surface area contributed by atoms with Crippen molar-refractivity contribution in [1.82, 2.24) is 9.55 Å². The number of fused-ring (bicyclic) bond motifs is 2. The molecule has 0 unspecified atom stereocenters. The highest BCUT2D eigenvalue weighted by Crippen LogP contribution is 2.64. The lowest BCUT2D eigenvalue weighted by Gasteiger charge is -2.20. The monoisotopic (exact) mass is 415 g/mol. The molecule has 2 aromatic carbocycles. The minimum absolute atomic E-state index is 0.0221. The Morgan fingerprint density at radius 1 is 1.17 bits per heavy atom. The van der Waals surface area contributed by atoms with E-state index in [9.17, 15) is 13.6 Å². The van der Waals surface area contributed by atoms with Crippen molar-refractivity contribution >= 4 is 34.2 Å². The first-order valence-electron chi connectivity index (χ1n) is 9.80. The van der Waals surface area contributed by atoms with Gasteiger partial charge in [0.25, 0.3) is 0 Å². The fraction of sp³-hybridized carbons (Fsp3) is 0.364. The lowest BCUT2D eigenvalue weighted by Crippen LogP contribution is -2.24. The molecule has 2 fully saturated rings. The normalized spacial score (nSPS) is 26.3. The Morgan fingerprint density at radius 2 is 1.83 bits per heavy atom. The smallest absolute Gasteiger partial charge is 0.227 e. The molecule has 1 amide bonds. The van der Waals surface area contributed by atoms with Crippen molar-refractivity contribution < 1.29 is 13.6 Å². The summed E-state index contributed by atoms with van der Waals surface area (Å²) >= 11 is 5.89. The van der Waals surface area contributed by atoms with Crippen LogP contribution in [0.25, 0.3) is 11.0 Å². The summed E-state index contributed by atoms with van der Waals surface area (Å²) in [4.78, 5) is 16.9. The number of hydrogen-bond acceptors (Lipinski definition) is 2. The van der Waals surface area contributed by atoms with Gasteiger partial charge < -0.3 is 9.88 Å². The van der Waals surface area contributed by atoms with Crippen LogP contribution in [0.15, 0.2) is 42.7 Å². The average molecular weight is 416 g/mol. The number of carbonyl (C=O) groups excluding carboxylic acids is 1. The molecule has 5 atom stereocenters. The molecule has 1 N–H and O–H groups in total. The molecule has 5 rings (SSSR count). The molecular weight excluding hydrogens is 396 g/mol. The molecule has 1 aromatic heterocycles. The Hall–Kier alpha value is -2.47. The molecule has 4 nitrogen and oxygen atoms in total. The Kier molecular flexibility index (Phi) is 4.35. The highest BCUT2D eigenvalue weighted by Gasteiger charge is 2.59. The third-order valence-corrected chi connectivity index (χ3v) is 6.85. The fourth-order valence-corrected chi connectivity index (χ4v) is 5.24. The highest BCUT2D eigenvalue weighted by molar-refractivity contribution is 6.30. The topological polar surface area (TPSA) is 46.9 Å². The number of carbonyl (C=O) groups is 1. The van der Waals surface area contributed by atoms with E-state index in [1.54, 1.807) is 30.6 Å². The van der Waals surface area contributed by atoms with Crippen LogP contribution in [0.4, 0.5) is 14.5 Å². The van der Waals surface area contributed by atoms with Crippen molar-refractivity contribution in [2.45, 2.75) is 25.8 Å². The van der Waals surface area contributed by atoms with Crippen molar-refractivity contribution in [3.8, 4) is 0 Å². The lowest BCUT2D eigenvalue weighted by atomic mass is 9.96. The summed E-state index contributed by atoms with van der Waals surface area (Å²) in [5.74, 6) is -0.461. The van der Waals surface area contributed by atoms with Gasteiger partial charge in [0.2, 0.25) is 5.91 Å². The second-order valence-corrected chi connectivity index (χ2v) is 8.66. The van der Waals surface area contributed by atoms with E-state index in [-0.39, 0.29) is 17.9 Å². The van der Waals surface area contributed by atoms with Gasteiger partial charge in [0.1, 0.15) is 0 Å². The average Bonchev–Trinajstić information content (AvgIpc) is 3.02. The van der Waals surface area contributed by atoms with Gasteiger partial charge in [-0.3, -0.25) is 4.79 Å². The number of amides is 1. The van der Waals surface area contributed by atoms with Crippen molar-refractivity contribution in [2.24, 2.45) is 23.7 Å². The summed E-state index contributed by atoms with van der Waals surface area (Å²) in [6, 6.07) is 9.67. The van der Waals surface area contributed by atoms with Crippen LogP contribution in [0.3, 0.4) is 0 Å². The van der Waals surface area contributed by atoms with Gasteiger partial charge in [-0.25, -0.2) is 13.8 Å². The molecule has 2 aliphatic rings. The number of rotatable bonds is 4. The summed E-state index contributed by atoms with van der Waals surface area (Å²) in [5.41, 5.74) is 1.84. The Labute approximate surface area is 171 Å². The molecule has 3 aromatic rings. The summed E-state index contributed by atoms with van der Waals surface area (Å²) in [5, 5.41) is 3.60. The van der Waals surface area contributed by atoms with E-state index in [4.69, 9.17) is 11.6 Å². The number of halogens is 3. The second-order valence-electron chi connectivity index (χ2n) is 8.22. The van der Waals surface area contributed by atoms with Gasteiger partial charge in [0, 0.05) is 34.8 Å². The number of nitrogens with one attached hydrogen (secondary N) is 1. The van der Waals surface area contributed by atoms with Crippen LogP contribution in [0.5, 0.6) is 0 Å². The van der Waals surface area contributed by atoms with E-state index in [2.05, 4.69) is 10.3 Å². The summed E-state index contributed by atoms with van der Waals surface area (Å²) < 4.78 is 29.1. The lowest BCUT2D eigenvalue weighted by molar-refractivity contribution is -0.120. The van der Waals surface area contributed by atoms with Gasteiger partial charge in [-0.15, -0.1) is 0 Å². The van der Waals surface area contributed by atoms with Crippen LogP contribution in [0, 0.1) is 35.3 Å². The zero-order chi connectivity index (χ0) is 20.3. The molecule has 0 radical (unpaired) electrons. The third-order valence-electron chi connectivity index (χ3n) is 6.60. The van der Waals surface area contributed by atoms with Crippen LogP contribution in [0.2, 0.25) is 5.02 Å². The van der Waals surface area contributed by atoms with Crippen LogP contribution in [-0.4, -0.2) is 15.5 Å². The zero-order valence-electron chi connectivity index (χ0n) is 15.8. The maximum absolute atomic E-state index is 13.7. The predicted octanol–water partition coefficient (Wildman–Crippen LogP) is 5.44. The first-order chi connectivity index (χ1) is 13.9. The molecule has 150 valence electrons. The quantitative estimate of drug-likeness (QED) is 0.616. The number of imidazole rings is 1. The number of nitrogens with zero attached hydrogens (tertiary/aromatic N) is 2. The first-order valence-corrected chi connectivity index (χ1v) is 10.2. The minimum atomic E-state index is -0.877. The molecule has 1 heterocycles. The number of hydrogen-bond donors (Lipinski definition) is 1. The van der Waals surface area contributed by atoms with E-state index in [0.29, 0.717) is 33.8 Å². The van der Waals surface area contributed by atoms with Gasteiger partial charge in [-0.2, -0.15) is 0 Å². The van der Waals surface area contributed by atoms with Crippen molar-refractivity contribution in [3.63, 3.8) is 0 Å². The molecule has 0 spiro atoms. The van der Waals surface area contributed by atoms with Crippen molar-refractivity contribution in [2.75, 3.05) is 5.32 Å². The number of aromatic nitrogens is 2. The number of anilines is 1. The van der Waals surface area contributed by atoms with Gasteiger partial charge in [0.15, 0.2) is 11.6 Å². The van der Waals surface area contributed by atoms with Gasteiger partial charge in [-0.05, 0) is 54.9 Å². The predicted molar refractivity (Wildman–Crippen MR) is 108 cm³/mol. The standard InChI is InChI=1S/C22H20ClF2N3O/c1-11(22(29)27-13-4-2-12(23)3-5-13)21-15-6-14(7-16(15)21)28-10-26-19-8-17(24)18(25)9-20(19)28/h2-5,8-11,14-16,21H,6-7H2,1H3,(H,27,29)/t11-,14-,15-,16+,21+/m1/s1. The number of benzene rings is 2. The van der Waals surface area contributed by atoms with Gasteiger partial charge in [0.05, 0.1) is 17.4 Å². The molecule has 2 aliphatic carbocycles. The minimum Gasteiger partial charge on any atom is -0.327 e. The molecule has 0 saturated heterocycles. The van der Waals surface area contributed by atoms with E-state index >= 15 is 0 Å². The molecule has 7 heteroatoms. The fourth-order valence-electron chi connectivity index (χ4n) is 5.11. The Bertz CT molecular complexity index is 1090. The third kappa shape index (κ3) is 3.19. The Balaban J connectivity index is 1.25. The molecule has 0 aliphatic heterocycles. The summed E-state index contributed by atoms with van der Waals surface area (Å²) in [7, 11) is 0. The van der Waals surface area contributed by atoms with E-state index in [1.807, 2.05) is 11.5 Å². The largest absolute Gasteiger partial charge is 0.327 e. The van der Waals surface area contributed by atoms with Crippen molar-refractivity contribution in [3.05, 3.63) is 59.4 Å². The van der Waals surface area contributed by atoms with Crippen LogP contribution in [0.1, 0.15) is 25.8 Å². The zero-order valence-corrected chi connectivity index (χ0v) is 16.5. The van der Waals surface area contributed by atoms with Gasteiger partial charge in [-0.1, -0.05) is 18.5 Å². The highest BCUT2D eigenvalue weighted by atomic mass is 35.5. The SMILES string of the molecule is C[C@@H](C(=O)Nc1ccc(Cl)cc1)[C@H]1[C@@H]2C[C@@H](n3cnc4cc(F)c(F)cc43)C[C@@H]21. The summed E-state index contributed by atoms with van der Waals surface area (Å²) in [6.45, 7) is 1.98. The van der Waals surface area contributed by atoms with Crippen molar-refractivity contribution in [1.29, 1.82) is 0 Å². The Morgan fingerprint density at radius 3 is 2.52 bits per heavy atom. The summed E-state index contributed by atoms with van der Waals surface area (Å²) in [6.07, 6.45) is 3.53. The van der Waals surface area contributed by atoms with Crippen LogP contribution >= 0.6 is 11.6 Å². The van der Waals surface area contributed by atoms with Gasteiger partial charge >= 0.3 is 0 Å². The maximum atomic E-state index is 13.7. The molecule has 29 heavy (non-hydrogen) atoms. The van der Waals surface area contributed by atoms with E-state index in [1.165, 1.54) is 6.07 Å². The second kappa shape index (κ2) is 6.80. The molecule has 0 bridgehead atoms. The maximum Gasteiger partial charge on any atom is 0.227 e. The van der Waals surface area contributed by atoms with Crippen LogP contribution in [-0.2, 0) is 4.79 Å².